The minimum Gasteiger partial charge on any atom is -0.312 e. The standard InChI is InChI=1S/C14H12FNS/c1-16(14(15)17)13-9-5-8-12(10-13)11-6-3-2-4-7-11/h2-10H,1H3. The number of hydrogen-bond donors (Lipinski definition) is 0. The van der Waals surface area contributed by atoms with E-state index < -0.39 is 5.24 Å². The van der Waals surface area contributed by atoms with E-state index >= 15 is 0 Å². The molecule has 17 heavy (non-hydrogen) atoms. The van der Waals surface area contributed by atoms with Gasteiger partial charge in [0.1, 0.15) is 0 Å². The molecule has 0 atom stereocenters. The highest BCUT2D eigenvalue weighted by atomic mass is 32.1. The van der Waals surface area contributed by atoms with Crippen molar-refractivity contribution in [2.24, 2.45) is 0 Å². The average Bonchev–Trinajstić information content (AvgIpc) is 2.39. The SMILES string of the molecule is CN(C(F)=S)c1cccc(-c2ccccc2)c1. The van der Waals surface area contributed by atoms with Crippen LogP contribution in [0.4, 0.5) is 10.1 Å². The molecule has 0 aliphatic carbocycles. The zero-order valence-electron chi connectivity index (χ0n) is 9.43. The van der Waals surface area contributed by atoms with Crippen molar-refractivity contribution in [1.29, 1.82) is 0 Å². The summed E-state index contributed by atoms with van der Waals surface area (Å²) in [6.07, 6.45) is 0. The highest BCUT2D eigenvalue weighted by Gasteiger charge is 2.06. The maximum Gasteiger partial charge on any atom is 0.259 e. The fourth-order valence-corrected chi connectivity index (χ4v) is 1.73. The molecule has 2 rings (SSSR count). The highest BCUT2D eigenvalue weighted by molar-refractivity contribution is 7.80. The number of halogens is 1. The van der Waals surface area contributed by atoms with Gasteiger partial charge in [-0.05, 0) is 35.5 Å². The normalized spacial score (nSPS) is 10.0. The first kappa shape index (κ1) is 11.7. The van der Waals surface area contributed by atoms with Crippen LogP contribution in [0.25, 0.3) is 11.1 Å². The Bertz CT molecular complexity index is 525. The van der Waals surface area contributed by atoms with Crippen LogP contribution in [0.15, 0.2) is 54.6 Å². The molecule has 0 saturated carbocycles. The second-order valence-corrected chi connectivity index (χ2v) is 4.07. The fourth-order valence-electron chi connectivity index (χ4n) is 1.63. The van der Waals surface area contributed by atoms with E-state index in [2.05, 4.69) is 12.2 Å². The molecule has 0 amide bonds. The highest BCUT2D eigenvalue weighted by Crippen LogP contribution is 2.24. The van der Waals surface area contributed by atoms with Gasteiger partial charge in [-0.2, -0.15) is 4.39 Å². The third-order valence-electron chi connectivity index (χ3n) is 2.60. The largest absolute Gasteiger partial charge is 0.312 e. The van der Waals surface area contributed by atoms with Gasteiger partial charge in [0.05, 0.1) is 0 Å². The Morgan fingerprint density at radius 3 is 2.29 bits per heavy atom. The lowest BCUT2D eigenvalue weighted by molar-refractivity contribution is 0.801. The number of benzene rings is 2. The summed E-state index contributed by atoms with van der Waals surface area (Å²) in [7, 11) is 1.62. The first-order valence-electron chi connectivity index (χ1n) is 5.27. The van der Waals surface area contributed by atoms with Gasteiger partial charge < -0.3 is 4.90 Å². The number of thiocarbonyl (C=S) groups is 1. The molecule has 0 bridgehead atoms. The molecule has 0 unspecified atom stereocenters. The van der Waals surface area contributed by atoms with E-state index in [1.165, 1.54) is 4.90 Å². The van der Waals surface area contributed by atoms with E-state index in [9.17, 15) is 4.39 Å². The van der Waals surface area contributed by atoms with Crippen molar-refractivity contribution >= 4 is 23.1 Å². The average molecular weight is 245 g/mol. The minimum atomic E-state index is -0.629. The molecule has 3 heteroatoms. The summed E-state index contributed by atoms with van der Waals surface area (Å²) in [6.45, 7) is 0. The monoisotopic (exact) mass is 245 g/mol. The number of hydrogen-bond acceptors (Lipinski definition) is 1. The van der Waals surface area contributed by atoms with Crippen LogP contribution in [-0.2, 0) is 0 Å². The lowest BCUT2D eigenvalue weighted by atomic mass is 10.1. The molecule has 0 spiro atoms. The van der Waals surface area contributed by atoms with Crippen LogP contribution in [0.3, 0.4) is 0 Å². The molecule has 2 aromatic rings. The molecule has 0 fully saturated rings. The second kappa shape index (κ2) is 5.06. The van der Waals surface area contributed by atoms with Gasteiger partial charge in [0.15, 0.2) is 0 Å². The molecule has 0 heterocycles. The summed E-state index contributed by atoms with van der Waals surface area (Å²) in [5.41, 5.74) is 2.90. The van der Waals surface area contributed by atoms with Crippen LogP contribution in [0.5, 0.6) is 0 Å². The Labute approximate surface area is 106 Å². The van der Waals surface area contributed by atoms with Crippen LogP contribution in [0, 0.1) is 0 Å². The van der Waals surface area contributed by atoms with E-state index in [1.807, 2.05) is 54.6 Å². The predicted octanol–water partition coefficient (Wildman–Crippen LogP) is 4.04. The first-order valence-corrected chi connectivity index (χ1v) is 5.68. The molecule has 0 aliphatic heterocycles. The molecular formula is C14H12FNS. The molecule has 0 aliphatic rings. The summed E-state index contributed by atoms with van der Waals surface area (Å²) in [4.78, 5) is 1.35. The minimum absolute atomic E-state index is 0.629. The summed E-state index contributed by atoms with van der Waals surface area (Å²) in [5.74, 6) is 0. The molecule has 1 nitrogen and oxygen atoms in total. The third-order valence-corrected chi connectivity index (χ3v) is 2.88. The zero-order chi connectivity index (χ0) is 12.3. The van der Waals surface area contributed by atoms with E-state index in [4.69, 9.17) is 0 Å². The quantitative estimate of drug-likeness (QED) is 0.446. The molecule has 0 saturated heterocycles. The van der Waals surface area contributed by atoms with Crippen LogP contribution in [0.2, 0.25) is 0 Å². The van der Waals surface area contributed by atoms with Crippen LogP contribution in [0.1, 0.15) is 0 Å². The summed E-state index contributed by atoms with van der Waals surface area (Å²) in [5, 5.41) is -0.629. The van der Waals surface area contributed by atoms with Crippen molar-refractivity contribution in [1.82, 2.24) is 0 Å². The molecule has 2 aromatic carbocycles. The third kappa shape index (κ3) is 2.68. The van der Waals surface area contributed by atoms with E-state index in [0.29, 0.717) is 0 Å². The van der Waals surface area contributed by atoms with Crippen LogP contribution < -0.4 is 4.90 Å². The van der Waals surface area contributed by atoms with Crippen molar-refractivity contribution in [2.45, 2.75) is 0 Å². The first-order chi connectivity index (χ1) is 8.18. The Kier molecular flexibility index (Phi) is 3.49. The number of rotatable bonds is 2. The van der Waals surface area contributed by atoms with Gasteiger partial charge in [-0.3, -0.25) is 0 Å². The topological polar surface area (TPSA) is 3.24 Å². The van der Waals surface area contributed by atoms with Gasteiger partial charge in [0, 0.05) is 12.7 Å². The van der Waals surface area contributed by atoms with Crippen LogP contribution >= 0.6 is 12.2 Å². The Balaban J connectivity index is 2.39. The van der Waals surface area contributed by atoms with Gasteiger partial charge in [-0.25, -0.2) is 0 Å². The Morgan fingerprint density at radius 2 is 1.65 bits per heavy atom. The fraction of sp³-hybridized carbons (Fsp3) is 0.0714. The van der Waals surface area contributed by atoms with Crippen molar-refractivity contribution in [3.63, 3.8) is 0 Å². The summed E-state index contributed by atoms with van der Waals surface area (Å²) in [6, 6.07) is 17.6. The van der Waals surface area contributed by atoms with Crippen LogP contribution in [-0.4, -0.2) is 12.3 Å². The van der Waals surface area contributed by atoms with Gasteiger partial charge in [-0.15, -0.1) is 0 Å². The van der Waals surface area contributed by atoms with Gasteiger partial charge >= 0.3 is 0 Å². The number of anilines is 1. The molecule has 86 valence electrons. The molecule has 0 aromatic heterocycles. The molecule has 0 N–H and O–H groups in total. The van der Waals surface area contributed by atoms with Gasteiger partial charge in [0.25, 0.3) is 5.24 Å². The maximum atomic E-state index is 13.0. The summed E-state index contributed by atoms with van der Waals surface area (Å²) < 4.78 is 13.0. The van der Waals surface area contributed by atoms with Crippen molar-refractivity contribution in [3.8, 4) is 11.1 Å². The van der Waals surface area contributed by atoms with E-state index in [1.54, 1.807) is 7.05 Å². The Morgan fingerprint density at radius 1 is 1.00 bits per heavy atom. The molecular weight excluding hydrogens is 233 g/mol. The lowest BCUT2D eigenvalue weighted by Gasteiger charge is -2.15. The number of nitrogens with zero attached hydrogens (tertiary/aromatic N) is 1. The maximum absolute atomic E-state index is 13.0. The smallest absolute Gasteiger partial charge is 0.259 e. The van der Waals surface area contributed by atoms with E-state index in [0.717, 1.165) is 16.8 Å². The Hall–Kier alpha value is -1.74. The zero-order valence-corrected chi connectivity index (χ0v) is 10.2. The van der Waals surface area contributed by atoms with Crippen molar-refractivity contribution in [2.75, 3.05) is 11.9 Å². The predicted molar refractivity (Wildman–Crippen MR) is 74.0 cm³/mol. The molecule has 0 radical (unpaired) electrons. The summed E-state index contributed by atoms with van der Waals surface area (Å²) >= 11 is 4.52. The van der Waals surface area contributed by atoms with Gasteiger partial charge in [-0.1, -0.05) is 42.5 Å². The van der Waals surface area contributed by atoms with E-state index in [-0.39, 0.29) is 0 Å². The lowest BCUT2D eigenvalue weighted by Crippen LogP contribution is -2.19. The second-order valence-electron chi connectivity index (χ2n) is 3.73. The van der Waals surface area contributed by atoms with Crippen molar-refractivity contribution < 1.29 is 4.39 Å². The van der Waals surface area contributed by atoms with Gasteiger partial charge in [0.2, 0.25) is 0 Å². The van der Waals surface area contributed by atoms with Crippen molar-refractivity contribution in [3.05, 3.63) is 54.6 Å².